The lowest BCUT2D eigenvalue weighted by atomic mass is 10.3. The molecular formula is C8H13NO2. The Bertz CT molecular complexity index is 183. The first-order valence-corrected chi connectivity index (χ1v) is 3.56. The Morgan fingerprint density at radius 3 is 2.73 bits per heavy atom. The van der Waals surface area contributed by atoms with E-state index in [1.165, 1.54) is 13.1 Å². The van der Waals surface area contributed by atoms with Crippen LogP contribution in [0.15, 0.2) is 12.2 Å². The minimum absolute atomic E-state index is 0.0414. The zero-order valence-electron chi connectivity index (χ0n) is 6.91. The Morgan fingerprint density at radius 2 is 2.27 bits per heavy atom. The van der Waals surface area contributed by atoms with Crippen LogP contribution in [0.25, 0.3) is 0 Å². The second kappa shape index (κ2) is 5.65. The Hall–Kier alpha value is -1.12. The highest BCUT2D eigenvalue weighted by Crippen LogP contribution is 1.82. The first-order chi connectivity index (χ1) is 5.16. The smallest absolute Gasteiger partial charge is 0.174 e. The van der Waals surface area contributed by atoms with E-state index in [2.05, 4.69) is 0 Å². The normalized spacial score (nSPS) is 12.4. The van der Waals surface area contributed by atoms with Gasteiger partial charge in [0.25, 0.3) is 0 Å². The number of nitrogens with zero attached hydrogens (tertiary/aromatic N) is 1. The van der Waals surface area contributed by atoms with E-state index in [9.17, 15) is 10.0 Å². The van der Waals surface area contributed by atoms with Gasteiger partial charge in [-0.1, -0.05) is 6.08 Å². The predicted molar refractivity (Wildman–Crippen MR) is 44.7 cm³/mol. The molecule has 62 valence electrons. The van der Waals surface area contributed by atoms with Crippen LogP contribution in [0.5, 0.6) is 0 Å². The standard InChI is InChI=1S/C8H13NO2/c1-3-4-6-9(11)7-5-8(2)10/h3-4,6H,5,7H2,1-2H3/b4-3+,9-6-. The van der Waals surface area contributed by atoms with E-state index in [1.807, 2.05) is 6.92 Å². The largest absolute Gasteiger partial charge is 0.624 e. The number of Topliss-reactive ketones (excluding diaryl/α,β-unsaturated/α-hetero) is 1. The SMILES string of the molecule is C/C=C/C=[N+](\[O-])CCC(C)=O. The van der Waals surface area contributed by atoms with Crippen molar-refractivity contribution < 1.29 is 9.53 Å². The summed E-state index contributed by atoms with van der Waals surface area (Å²) in [5.41, 5.74) is 0. The van der Waals surface area contributed by atoms with E-state index in [-0.39, 0.29) is 12.3 Å². The molecule has 0 aliphatic rings. The van der Waals surface area contributed by atoms with Crippen molar-refractivity contribution in [2.24, 2.45) is 0 Å². The maximum Gasteiger partial charge on any atom is 0.174 e. The summed E-state index contributed by atoms with van der Waals surface area (Å²) >= 11 is 0. The molecule has 0 amide bonds. The number of allylic oxidation sites excluding steroid dienone is 2. The first kappa shape index (κ1) is 9.88. The van der Waals surface area contributed by atoms with E-state index >= 15 is 0 Å². The van der Waals surface area contributed by atoms with E-state index in [4.69, 9.17) is 0 Å². The molecule has 0 aromatic carbocycles. The molecule has 0 aromatic heterocycles. The number of hydroxylamine groups is 1. The number of ketones is 1. The van der Waals surface area contributed by atoms with Crippen molar-refractivity contribution in [3.8, 4) is 0 Å². The average molecular weight is 155 g/mol. The molecule has 0 spiro atoms. The maximum atomic E-state index is 10.8. The average Bonchev–Trinajstić information content (AvgIpc) is 1.97. The van der Waals surface area contributed by atoms with Gasteiger partial charge in [-0.05, 0) is 19.9 Å². The fourth-order valence-corrected chi connectivity index (χ4v) is 0.524. The summed E-state index contributed by atoms with van der Waals surface area (Å²) in [5.74, 6) is 0.0414. The van der Waals surface area contributed by atoms with Crippen LogP contribution >= 0.6 is 0 Å². The second-order valence-corrected chi connectivity index (χ2v) is 2.27. The molecule has 0 N–H and O–H groups in total. The molecule has 0 bridgehead atoms. The lowest BCUT2D eigenvalue weighted by Crippen LogP contribution is -2.08. The molecule has 0 saturated carbocycles. The molecule has 0 radical (unpaired) electrons. The highest BCUT2D eigenvalue weighted by atomic mass is 16.5. The molecule has 0 aliphatic heterocycles. The van der Waals surface area contributed by atoms with Gasteiger partial charge in [-0.15, -0.1) is 0 Å². The van der Waals surface area contributed by atoms with Crippen LogP contribution in [0.2, 0.25) is 0 Å². The second-order valence-electron chi connectivity index (χ2n) is 2.27. The van der Waals surface area contributed by atoms with Crippen molar-refractivity contribution in [1.29, 1.82) is 0 Å². The summed E-state index contributed by atoms with van der Waals surface area (Å²) in [6.07, 6.45) is 5.13. The summed E-state index contributed by atoms with van der Waals surface area (Å²) < 4.78 is 0.751. The lowest BCUT2D eigenvalue weighted by Gasteiger charge is -1.99. The van der Waals surface area contributed by atoms with Gasteiger partial charge in [-0.25, -0.2) is 4.74 Å². The third-order valence-electron chi connectivity index (χ3n) is 1.13. The molecule has 0 unspecified atom stereocenters. The van der Waals surface area contributed by atoms with Crippen LogP contribution in [0.1, 0.15) is 20.3 Å². The fourth-order valence-electron chi connectivity index (χ4n) is 0.524. The van der Waals surface area contributed by atoms with Gasteiger partial charge in [-0.2, -0.15) is 0 Å². The number of hydrogen-bond acceptors (Lipinski definition) is 2. The van der Waals surface area contributed by atoms with Crippen LogP contribution in [0.3, 0.4) is 0 Å². The molecule has 0 aliphatic carbocycles. The number of rotatable bonds is 4. The molecule has 0 fully saturated rings. The van der Waals surface area contributed by atoms with Crippen LogP contribution in [0, 0.1) is 5.21 Å². The summed E-state index contributed by atoms with van der Waals surface area (Å²) in [7, 11) is 0. The fraction of sp³-hybridized carbons (Fsp3) is 0.500. The topological polar surface area (TPSA) is 43.1 Å². The molecule has 0 saturated heterocycles. The lowest BCUT2D eigenvalue weighted by molar-refractivity contribution is -0.450. The first-order valence-electron chi connectivity index (χ1n) is 3.56. The quantitative estimate of drug-likeness (QED) is 0.264. The van der Waals surface area contributed by atoms with E-state index in [1.54, 1.807) is 12.2 Å². The number of carbonyl (C=O) groups excluding carboxylic acids is 1. The highest BCUT2D eigenvalue weighted by molar-refractivity contribution is 5.75. The van der Waals surface area contributed by atoms with E-state index in [0.29, 0.717) is 6.42 Å². The summed E-state index contributed by atoms with van der Waals surface area (Å²) in [6.45, 7) is 3.55. The van der Waals surface area contributed by atoms with E-state index in [0.717, 1.165) is 4.74 Å². The van der Waals surface area contributed by atoms with Crippen LogP contribution in [-0.2, 0) is 4.79 Å². The zero-order chi connectivity index (χ0) is 8.69. The minimum atomic E-state index is 0.0414. The Balaban J connectivity index is 3.68. The van der Waals surface area contributed by atoms with Crippen molar-refractivity contribution >= 4 is 12.0 Å². The van der Waals surface area contributed by atoms with Gasteiger partial charge in [0.1, 0.15) is 5.78 Å². The summed E-state index contributed by atoms with van der Waals surface area (Å²) in [6, 6.07) is 0. The molecule has 0 atom stereocenters. The highest BCUT2D eigenvalue weighted by Gasteiger charge is 1.95. The Kier molecular flexibility index (Phi) is 5.07. The molecule has 3 heteroatoms. The molecule has 11 heavy (non-hydrogen) atoms. The molecule has 3 nitrogen and oxygen atoms in total. The predicted octanol–water partition coefficient (Wildman–Crippen LogP) is 1.12. The van der Waals surface area contributed by atoms with Gasteiger partial charge >= 0.3 is 0 Å². The van der Waals surface area contributed by atoms with Crippen molar-refractivity contribution in [1.82, 2.24) is 0 Å². The molecule has 0 heterocycles. The third kappa shape index (κ3) is 6.77. The maximum absolute atomic E-state index is 10.8. The van der Waals surface area contributed by atoms with Gasteiger partial charge < -0.3 is 5.21 Å². The summed E-state index contributed by atoms with van der Waals surface area (Å²) in [5, 5.41) is 10.8. The zero-order valence-corrected chi connectivity index (χ0v) is 6.91. The van der Waals surface area contributed by atoms with Gasteiger partial charge in [0.05, 0.1) is 6.42 Å². The molecular weight excluding hydrogens is 142 g/mol. The van der Waals surface area contributed by atoms with Gasteiger partial charge in [0, 0.05) is 0 Å². The summed E-state index contributed by atoms with van der Waals surface area (Å²) in [4.78, 5) is 10.4. The van der Waals surface area contributed by atoms with Gasteiger partial charge in [-0.3, -0.25) is 4.79 Å². The van der Waals surface area contributed by atoms with Crippen LogP contribution in [-0.4, -0.2) is 23.3 Å². The molecule has 0 rings (SSSR count). The van der Waals surface area contributed by atoms with Crippen LogP contribution < -0.4 is 0 Å². The van der Waals surface area contributed by atoms with Gasteiger partial charge in [0.15, 0.2) is 12.8 Å². The van der Waals surface area contributed by atoms with Crippen LogP contribution in [0.4, 0.5) is 0 Å². The van der Waals surface area contributed by atoms with E-state index < -0.39 is 0 Å². The minimum Gasteiger partial charge on any atom is -0.624 e. The van der Waals surface area contributed by atoms with Crippen molar-refractivity contribution in [3.63, 3.8) is 0 Å². The van der Waals surface area contributed by atoms with Crippen molar-refractivity contribution in [2.75, 3.05) is 6.54 Å². The number of hydrogen-bond donors (Lipinski definition) is 0. The number of carbonyl (C=O) groups is 1. The molecule has 0 aromatic rings. The van der Waals surface area contributed by atoms with Gasteiger partial charge in [0.2, 0.25) is 0 Å². The Labute approximate surface area is 66.6 Å². The third-order valence-corrected chi connectivity index (χ3v) is 1.13. The van der Waals surface area contributed by atoms with Crippen molar-refractivity contribution in [2.45, 2.75) is 20.3 Å². The Morgan fingerprint density at radius 1 is 1.64 bits per heavy atom. The van der Waals surface area contributed by atoms with Crippen molar-refractivity contribution in [3.05, 3.63) is 17.4 Å². The monoisotopic (exact) mass is 155 g/mol.